The molecule has 1 fully saturated rings. The van der Waals surface area contributed by atoms with Crippen molar-refractivity contribution in [3.05, 3.63) is 69.8 Å². The van der Waals surface area contributed by atoms with E-state index < -0.39 is 37.1 Å². The minimum absolute atomic E-state index is 0.235. The first-order chi connectivity index (χ1) is 13.7. The summed E-state index contributed by atoms with van der Waals surface area (Å²) < 4.78 is 5.72. The van der Waals surface area contributed by atoms with Crippen LogP contribution in [0, 0.1) is 6.92 Å². The van der Waals surface area contributed by atoms with Crippen molar-refractivity contribution in [2.24, 2.45) is 0 Å². The molecule has 0 unspecified atom stereocenters. The van der Waals surface area contributed by atoms with Gasteiger partial charge in [0.15, 0.2) is 0 Å². The Morgan fingerprint density at radius 3 is 2.48 bits per heavy atom. The summed E-state index contributed by atoms with van der Waals surface area (Å²) in [6.45, 7) is 1.63. The molecule has 0 aromatic heterocycles. The Balaban J connectivity index is 1.61. The highest BCUT2D eigenvalue weighted by Gasteiger charge is 2.44. The number of hydrogen-bond donors (Lipinski definition) is 4. The van der Waals surface area contributed by atoms with Crippen molar-refractivity contribution in [1.29, 1.82) is 0 Å². The van der Waals surface area contributed by atoms with Gasteiger partial charge < -0.3 is 25.2 Å². The molecule has 1 saturated heterocycles. The fourth-order valence-corrected chi connectivity index (χ4v) is 4.64. The van der Waals surface area contributed by atoms with Crippen molar-refractivity contribution in [2.75, 3.05) is 6.61 Å². The number of aliphatic hydroxyl groups is 4. The zero-order valence-corrected chi connectivity index (χ0v) is 17.2. The highest BCUT2D eigenvalue weighted by molar-refractivity contribution is 6.41. The molecule has 7 heteroatoms. The number of benzene rings is 2. The zero-order chi connectivity index (χ0) is 20.9. The van der Waals surface area contributed by atoms with E-state index in [0.717, 1.165) is 29.5 Å². The van der Waals surface area contributed by atoms with Gasteiger partial charge in [0.2, 0.25) is 0 Å². The second kappa shape index (κ2) is 7.56. The van der Waals surface area contributed by atoms with Gasteiger partial charge in [-0.1, -0.05) is 47.2 Å². The van der Waals surface area contributed by atoms with Gasteiger partial charge in [-0.05, 0) is 47.6 Å². The predicted molar refractivity (Wildman–Crippen MR) is 116 cm³/mol. The standard InChI is InChI=1S/C22H28B2O5/c1-11-2-4-13(21-20(28)19(27)18(26)17(10-25)29-21)8-15(11)6-12-3-5-14-9-22(23,24)16(14)7-12/h2-5,7-8,17-21,25-28H,6,9-10,23-24H2,1H3/t17-,18-,19+,20-,21+/m1/s1. The Morgan fingerprint density at radius 2 is 1.79 bits per heavy atom. The largest absolute Gasteiger partial charge is 0.394 e. The van der Waals surface area contributed by atoms with E-state index >= 15 is 0 Å². The zero-order valence-electron chi connectivity index (χ0n) is 17.2. The van der Waals surface area contributed by atoms with E-state index in [2.05, 4.69) is 40.8 Å². The Morgan fingerprint density at radius 1 is 1.03 bits per heavy atom. The first-order valence-corrected chi connectivity index (χ1v) is 10.2. The summed E-state index contributed by atoms with van der Waals surface area (Å²) in [6.07, 6.45) is -3.80. The van der Waals surface area contributed by atoms with Crippen LogP contribution < -0.4 is 0 Å². The first kappa shape index (κ1) is 20.6. The highest BCUT2D eigenvalue weighted by atomic mass is 16.5. The highest BCUT2D eigenvalue weighted by Crippen LogP contribution is 2.37. The lowest BCUT2D eigenvalue weighted by Crippen LogP contribution is -2.55. The van der Waals surface area contributed by atoms with E-state index in [1.807, 2.05) is 18.2 Å². The number of hydrogen-bond acceptors (Lipinski definition) is 5. The van der Waals surface area contributed by atoms with Crippen molar-refractivity contribution >= 4 is 15.7 Å². The average molecular weight is 394 g/mol. The maximum absolute atomic E-state index is 10.4. The molecule has 0 bridgehead atoms. The van der Waals surface area contributed by atoms with E-state index in [4.69, 9.17) is 4.74 Å². The second-order valence-corrected chi connectivity index (χ2v) is 9.16. The van der Waals surface area contributed by atoms with E-state index in [-0.39, 0.29) is 5.21 Å². The van der Waals surface area contributed by atoms with Crippen LogP contribution in [0.5, 0.6) is 0 Å². The maximum atomic E-state index is 10.4. The van der Waals surface area contributed by atoms with Gasteiger partial charge in [0.1, 0.15) is 46.2 Å². The van der Waals surface area contributed by atoms with Crippen molar-refractivity contribution in [3.8, 4) is 0 Å². The van der Waals surface area contributed by atoms with Crippen LogP contribution in [-0.2, 0) is 22.8 Å². The molecule has 1 aliphatic heterocycles. The molecule has 1 aliphatic carbocycles. The van der Waals surface area contributed by atoms with Crippen LogP contribution in [0.25, 0.3) is 0 Å². The van der Waals surface area contributed by atoms with Crippen LogP contribution in [0.3, 0.4) is 0 Å². The molecule has 0 amide bonds. The fraction of sp³-hybridized carbons (Fsp3) is 0.455. The van der Waals surface area contributed by atoms with Gasteiger partial charge in [-0.2, -0.15) is 0 Å². The molecular formula is C22H28B2O5. The minimum Gasteiger partial charge on any atom is -0.394 e. The summed E-state index contributed by atoms with van der Waals surface area (Å²) in [5.74, 6) is 0. The fourth-order valence-electron chi connectivity index (χ4n) is 4.64. The molecule has 5 atom stereocenters. The third-order valence-corrected chi connectivity index (χ3v) is 6.52. The Hall–Kier alpha value is -1.63. The Labute approximate surface area is 173 Å². The van der Waals surface area contributed by atoms with Gasteiger partial charge in [-0.15, -0.1) is 0 Å². The number of fused-ring (bicyclic) bond motifs is 1. The lowest BCUT2D eigenvalue weighted by molar-refractivity contribution is -0.231. The van der Waals surface area contributed by atoms with Crippen LogP contribution in [0.2, 0.25) is 0 Å². The van der Waals surface area contributed by atoms with Gasteiger partial charge in [-0.25, -0.2) is 0 Å². The van der Waals surface area contributed by atoms with Crippen molar-refractivity contribution in [3.63, 3.8) is 0 Å². The number of aryl methyl sites for hydroxylation is 1. The van der Waals surface area contributed by atoms with E-state index in [0.29, 0.717) is 0 Å². The summed E-state index contributed by atoms with van der Waals surface area (Å²) in [5.41, 5.74) is 7.07. The SMILES string of the molecule is BC1(B)Cc2ccc(Cc3cc([C@@H]4O[C@H](CO)[C@@H](O)[C@H](O)[C@H]4O)ccc3C)cc21. The molecule has 5 nitrogen and oxygen atoms in total. The van der Waals surface area contributed by atoms with E-state index in [1.54, 1.807) is 0 Å². The lowest BCUT2D eigenvalue weighted by Gasteiger charge is -2.40. The molecule has 0 radical (unpaired) electrons. The summed E-state index contributed by atoms with van der Waals surface area (Å²) >= 11 is 0. The maximum Gasteiger partial charge on any atom is 0.113 e. The summed E-state index contributed by atoms with van der Waals surface area (Å²) in [5, 5.41) is 40.2. The molecule has 2 aromatic rings. The summed E-state index contributed by atoms with van der Waals surface area (Å²) in [6, 6.07) is 12.5. The molecule has 4 N–H and O–H groups in total. The smallest absolute Gasteiger partial charge is 0.113 e. The Bertz CT molecular complexity index is 914. The molecule has 152 valence electrons. The molecule has 29 heavy (non-hydrogen) atoms. The number of aliphatic hydroxyl groups excluding tert-OH is 4. The van der Waals surface area contributed by atoms with Gasteiger partial charge in [0, 0.05) is 0 Å². The predicted octanol–water partition coefficient (Wildman–Crippen LogP) is -0.924. The van der Waals surface area contributed by atoms with Crippen molar-refractivity contribution in [2.45, 2.75) is 55.5 Å². The molecule has 2 aliphatic rings. The molecule has 0 spiro atoms. The molecule has 0 saturated carbocycles. The topological polar surface area (TPSA) is 90.2 Å². The van der Waals surface area contributed by atoms with Crippen LogP contribution in [-0.4, -0.2) is 67.1 Å². The van der Waals surface area contributed by atoms with Crippen molar-refractivity contribution in [1.82, 2.24) is 0 Å². The second-order valence-electron chi connectivity index (χ2n) is 9.16. The van der Waals surface area contributed by atoms with E-state index in [9.17, 15) is 20.4 Å². The monoisotopic (exact) mass is 394 g/mol. The van der Waals surface area contributed by atoms with Crippen LogP contribution in [0.1, 0.15) is 39.5 Å². The molecular weight excluding hydrogens is 366 g/mol. The summed E-state index contributed by atoms with van der Waals surface area (Å²) in [4.78, 5) is 0. The molecule has 4 rings (SSSR count). The van der Waals surface area contributed by atoms with E-state index in [1.165, 1.54) is 16.7 Å². The molecule has 2 aromatic carbocycles. The quantitative estimate of drug-likeness (QED) is 0.504. The van der Waals surface area contributed by atoms with Gasteiger partial charge in [0.05, 0.1) is 6.61 Å². The first-order valence-electron chi connectivity index (χ1n) is 10.2. The summed E-state index contributed by atoms with van der Waals surface area (Å²) in [7, 11) is 4.54. The van der Waals surface area contributed by atoms with Gasteiger partial charge >= 0.3 is 0 Å². The molecule has 1 heterocycles. The van der Waals surface area contributed by atoms with Crippen LogP contribution in [0.4, 0.5) is 0 Å². The average Bonchev–Trinajstić information content (AvgIpc) is 2.69. The Kier molecular flexibility index (Phi) is 5.38. The van der Waals surface area contributed by atoms with Gasteiger partial charge in [0.25, 0.3) is 0 Å². The van der Waals surface area contributed by atoms with Crippen LogP contribution in [0.15, 0.2) is 36.4 Å². The third kappa shape index (κ3) is 3.66. The third-order valence-electron chi connectivity index (χ3n) is 6.52. The minimum atomic E-state index is -1.37. The van der Waals surface area contributed by atoms with Gasteiger partial charge in [-0.3, -0.25) is 0 Å². The number of ether oxygens (including phenoxy) is 1. The van der Waals surface area contributed by atoms with Crippen molar-refractivity contribution < 1.29 is 25.2 Å². The lowest BCUT2D eigenvalue weighted by atomic mass is 9.42. The number of rotatable bonds is 4. The normalized spacial score (nSPS) is 30.4. The van der Waals surface area contributed by atoms with Crippen LogP contribution >= 0.6 is 0 Å².